The van der Waals surface area contributed by atoms with E-state index in [-0.39, 0.29) is 5.75 Å². The van der Waals surface area contributed by atoms with Gasteiger partial charge in [0.2, 0.25) is 0 Å². The second-order valence-electron chi connectivity index (χ2n) is 4.86. The number of aliphatic hydroxyl groups excluding tert-OH is 1. The summed E-state index contributed by atoms with van der Waals surface area (Å²) >= 11 is 0. The van der Waals surface area contributed by atoms with E-state index in [1.165, 1.54) is 0 Å². The number of unbranched alkanes of at least 4 members (excludes halogenated alkanes) is 2. The normalized spacial score (nSPS) is 13.5. The molecule has 0 heterocycles. The SMILES string of the molecule is CC(N)=NCCCCCC(O)Cc1ccccc1O. The van der Waals surface area contributed by atoms with E-state index in [9.17, 15) is 10.2 Å². The number of nitrogens with zero attached hydrogens (tertiary/aromatic N) is 1. The Morgan fingerprint density at radius 2 is 2.00 bits per heavy atom. The molecular weight excluding hydrogens is 240 g/mol. The number of aliphatic hydroxyl groups is 1. The summed E-state index contributed by atoms with van der Waals surface area (Å²) < 4.78 is 0. The minimum Gasteiger partial charge on any atom is -0.508 e. The van der Waals surface area contributed by atoms with E-state index >= 15 is 0 Å². The summed E-state index contributed by atoms with van der Waals surface area (Å²) in [6.45, 7) is 2.55. The molecule has 0 aliphatic rings. The highest BCUT2D eigenvalue weighted by Gasteiger charge is 2.08. The molecule has 1 rings (SSSR count). The molecule has 0 amide bonds. The van der Waals surface area contributed by atoms with Gasteiger partial charge in [-0.25, -0.2) is 0 Å². The lowest BCUT2D eigenvalue weighted by Gasteiger charge is -2.11. The largest absolute Gasteiger partial charge is 0.508 e. The number of phenols is 1. The van der Waals surface area contributed by atoms with Gasteiger partial charge in [-0.1, -0.05) is 31.0 Å². The van der Waals surface area contributed by atoms with Crippen molar-refractivity contribution in [2.45, 2.75) is 45.1 Å². The molecule has 0 spiro atoms. The molecule has 0 saturated heterocycles. The van der Waals surface area contributed by atoms with Crippen LogP contribution >= 0.6 is 0 Å². The van der Waals surface area contributed by atoms with Crippen molar-refractivity contribution in [1.29, 1.82) is 0 Å². The highest BCUT2D eigenvalue weighted by Crippen LogP contribution is 2.19. The van der Waals surface area contributed by atoms with Crippen molar-refractivity contribution in [2.75, 3.05) is 6.54 Å². The van der Waals surface area contributed by atoms with Gasteiger partial charge in [0, 0.05) is 13.0 Å². The Hall–Kier alpha value is -1.55. The third kappa shape index (κ3) is 6.82. The van der Waals surface area contributed by atoms with Crippen molar-refractivity contribution < 1.29 is 10.2 Å². The number of hydrogen-bond donors (Lipinski definition) is 3. The van der Waals surface area contributed by atoms with E-state index in [1.807, 2.05) is 12.1 Å². The Kier molecular flexibility index (Phi) is 6.97. The number of rotatable bonds is 8. The maximum Gasteiger partial charge on any atom is 0.118 e. The van der Waals surface area contributed by atoms with Crippen LogP contribution in [0.2, 0.25) is 0 Å². The molecule has 4 heteroatoms. The summed E-state index contributed by atoms with van der Waals surface area (Å²) in [5.41, 5.74) is 6.25. The maximum atomic E-state index is 9.91. The van der Waals surface area contributed by atoms with Gasteiger partial charge in [-0.2, -0.15) is 0 Å². The molecule has 4 N–H and O–H groups in total. The lowest BCUT2D eigenvalue weighted by Crippen LogP contribution is -2.10. The van der Waals surface area contributed by atoms with Crippen LogP contribution in [0, 0.1) is 0 Å². The van der Waals surface area contributed by atoms with Gasteiger partial charge < -0.3 is 15.9 Å². The van der Waals surface area contributed by atoms with Gasteiger partial charge in [0.15, 0.2) is 0 Å². The third-order valence-electron chi connectivity index (χ3n) is 3.00. The Bertz CT molecular complexity index is 401. The highest BCUT2D eigenvalue weighted by molar-refractivity contribution is 5.77. The second-order valence-corrected chi connectivity index (χ2v) is 4.86. The van der Waals surface area contributed by atoms with E-state index in [0.717, 1.165) is 37.8 Å². The number of aliphatic imine (C=N–C) groups is 1. The summed E-state index contributed by atoms with van der Waals surface area (Å²) in [5, 5.41) is 19.5. The fourth-order valence-electron chi connectivity index (χ4n) is 1.96. The summed E-state index contributed by atoms with van der Waals surface area (Å²) in [5.74, 6) is 0.883. The first-order valence-electron chi connectivity index (χ1n) is 6.81. The lowest BCUT2D eigenvalue weighted by molar-refractivity contribution is 0.160. The first kappa shape index (κ1) is 15.5. The molecule has 4 nitrogen and oxygen atoms in total. The summed E-state index contributed by atoms with van der Waals surface area (Å²) in [6, 6.07) is 7.15. The van der Waals surface area contributed by atoms with Crippen LogP contribution in [-0.4, -0.2) is 28.7 Å². The summed E-state index contributed by atoms with van der Waals surface area (Å²) in [6.07, 6.45) is 3.86. The summed E-state index contributed by atoms with van der Waals surface area (Å²) in [4.78, 5) is 4.12. The third-order valence-corrected chi connectivity index (χ3v) is 3.00. The molecule has 19 heavy (non-hydrogen) atoms. The van der Waals surface area contributed by atoms with Gasteiger partial charge in [-0.05, 0) is 31.4 Å². The topological polar surface area (TPSA) is 78.8 Å². The van der Waals surface area contributed by atoms with Crippen molar-refractivity contribution in [2.24, 2.45) is 10.7 Å². The number of amidine groups is 1. The quantitative estimate of drug-likeness (QED) is 0.383. The van der Waals surface area contributed by atoms with Crippen LogP contribution in [0.1, 0.15) is 38.2 Å². The van der Waals surface area contributed by atoms with Crippen molar-refractivity contribution >= 4 is 5.84 Å². The predicted octanol–water partition coefficient (Wildman–Crippen LogP) is 2.23. The standard InChI is InChI=1S/C15H24N2O2/c1-12(16)17-10-6-2-3-8-14(18)11-13-7-4-5-9-15(13)19/h4-5,7,9,14,18-19H,2-3,6,8,10-11H2,1H3,(H2,16,17). The minimum absolute atomic E-state index is 0.259. The van der Waals surface area contributed by atoms with Crippen molar-refractivity contribution in [3.63, 3.8) is 0 Å². The maximum absolute atomic E-state index is 9.91. The van der Waals surface area contributed by atoms with Crippen LogP contribution in [0.25, 0.3) is 0 Å². The van der Waals surface area contributed by atoms with E-state index in [0.29, 0.717) is 12.3 Å². The fraction of sp³-hybridized carbons (Fsp3) is 0.533. The Morgan fingerprint density at radius 1 is 1.26 bits per heavy atom. The lowest BCUT2D eigenvalue weighted by atomic mass is 10.0. The van der Waals surface area contributed by atoms with Crippen molar-refractivity contribution in [3.8, 4) is 5.75 Å². The minimum atomic E-state index is -0.395. The van der Waals surface area contributed by atoms with Crippen molar-refractivity contribution in [3.05, 3.63) is 29.8 Å². The van der Waals surface area contributed by atoms with Crippen LogP contribution in [0.3, 0.4) is 0 Å². The predicted molar refractivity (Wildman–Crippen MR) is 78.4 cm³/mol. The number of benzene rings is 1. The number of para-hydroxylation sites is 1. The zero-order valence-electron chi connectivity index (χ0n) is 11.5. The van der Waals surface area contributed by atoms with Crippen LogP contribution in [-0.2, 0) is 6.42 Å². The zero-order chi connectivity index (χ0) is 14.1. The summed E-state index contributed by atoms with van der Waals surface area (Å²) in [7, 11) is 0. The van der Waals surface area contributed by atoms with Gasteiger partial charge in [0.1, 0.15) is 5.75 Å². The number of aromatic hydroxyl groups is 1. The molecule has 0 saturated carbocycles. The molecule has 1 atom stereocenters. The Balaban J connectivity index is 2.16. The molecule has 0 aromatic heterocycles. The van der Waals surface area contributed by atoms with Gasteiger partial charge in [0.05, 0.1) is 11.9 Å². The van der Waals surface area contributed by atoms with Gasteiger partial charge in [-0.3, -0.25) is 4.99 Å². The van der Waals surface area contributed by atoms with E-state index in [4.69, 9.17) is 5.73 Å². The fourth-order valence-corrected chi connectivity index (χ4v) is 1.96. The average molecular weight is 264 g/mol. The molecular formula is C15H24N2O2. The van der Waals surface area contributed by atoms with Crippen LogP contribution < -0.4 is 5.73 Å². The first-order chi connectivity index (χ1) is 9.09. The molecule has 0 fully saturated rings. The van der Waals surface area contributed by atoms with Crippen LogP contribution in [0.5, 0.6) is 5.75 Å². The number of phenolic OH excluding ortho intramolecular Hbond substituents is 1. The molecule has 0 aliphatic carbocycles. The van der Waals surface area contributed by atoms with Crippen LogP contribution in [0.15, 0.2) is 29.3 Å². The Morgan fingerprint density at radius 3 is 2.68 bits per heavy atom. The van der Waals surface area contributed by atoms with Gasteiger partial charge >= 0.3 is 0 Å². The molecule has 1 aromatic rings. The molecule has 0 bridgehead atoms. The Labute approximate surface area is 115 Å². The average Bonchev–Trinajstić information content (AvgIpc) is 2.36. The smallest absolute Gasteiger partial charge is 0.118 e. The highest BCUT2D eigenvalue weighted by atomic mass is 16.3. The number of hydrogen-bond acceptors (Lipinski definition) is 3. The molecule has 0 aliphatic heterocycles. The monoisotopic (exact) mass is 264 g/mol. The van der Waals surface area contributed by atoms with E-state index in [1.54, 1.807) is 19.1 Å². The first-order valence-corrected chi connectivity index (χ1v) is 6.81. The van der Waals surface area contributed by atoms with Crippen molar-refractivity contribution in [1.82, 2.24) is 0 Å². The van der Waals surface area contributed by atoms with Gasteiger partial charge in [-0.15, -0.1) is 0 Å². The molecule has 1 aromatic carbocycles. The molecule has 1 unspecified atom stereocenters. The zero-order valence-corrected chi connectivity index (χ0v) is 11.5. The molecule has 106 valence electrons. The van der Waals surface area contributed by atoms with E-state index < -0.39 is 6.10 Å². The molecule has 0 radical (unpaired) electrons. The van der Waals surface area contributed by atoms with E-state index in [2.05, 4.69) is 4.99 Å². The number of nitrogens with two attached hydrogens (primary N) is 1. The second kappa shape index (κ2) is 8.53. The van der Waals surface area contributed by atoms with Crippen LogP contribution in [0.4, 0.5) is 0 Å². The van der Waals surface area contributed by atoms with Gasteiger partial charge in [0.25, 0.3) is 0 Å².